The fraction of sp³-hybridized carbons (Fsp3) is 0.536. The number of ether oxygens (including phenoxy) is 3. The Morgan fingerprint density at radius 2 is 1.55 bits per heavy atom. The minimum Gasteiger partial charge on any atom is -0.494 e. The van der Waals surface area contributed by atoms with Gasteiger partial charge >= 0.3 is 5.97 Å². The highest BCUT2D eigenvalue weighted by molar-refractivity contribution is 5.91. The molecule has 0 bridgehead atoms. The first-order chi connectivity index (χ1) is 16.1. The summed E-state index contributed by atoms with van der Waals surface area (Å²) in [6, 6.07) is 10.9. The van der Waals surface area contributed by atoms with Gasteiger partial charge in [-0.1, -0.05) is 58.3 Å². The van der Waals surface area contributed by atoms with E-state index in [0.29, 0.717) is 12.4 Å². The Kier molecular flexibility index (Phi) is 10.0. The van der Waals surface area contributed by atoms with E-state index < -0.39 is 11.8 Å². The van der Waals surface area contributed by atoms with E-state index in [1.54, 1.807) is 24.3 Å². The van der Waals surface area contributed by atoms with Crippen molar-refractivity contribution in [3.63, 3.8) is 0 Å². The van der Waals surface area contributed by atoms with Crippen molar-refractivity contribution in [2.45, 2.75) is 71.1 Å². The number of methoxy groups -OCH3 is 1. The second kappa shape index (κ2) is 13.2. The maximum Gasteiger partial charge on any atom is 0.343 e. The Hall–Kier alpha value is -2.56. The van der Waals surface area contributed by atoms with Gasteiger partial charge in [-0.15, -0.1) is 0 Å². The molecule has 0 aliphatic heterocycles. The predicted octanol–water partition coefficient (Wildman–Crippen LogP) is 7.60. The van der Waals surface area contributed by atoms with Crippen molar-refractivity contribution in [1.82, 2.24) is 0 Å². The van der Waals surface area contributed by atoms with E-state index >= 15 is 0 Å². The highest BCUT2D eigenvalue weighted by Gasteiger charge is 2.20. The highest BCUT2D eigenvalue weighted by atomic mass is 19.1. The number of hydrogen-bond acceptors (Lipinski definition) is 4. The second-order valence-corrected chi connectivity index (χ2v) is 9.08. The summed E-state index contributed by atoms with van der Waals surface area (Å²) < 4.78 is 29.9. The van der Waals surface area contributed by atoms with Crippen LogP contribution in [0.5, 0.6) is 17.2 Å². The molecule has 0 saturated heterocycles. The van der Waals surface area contributed by atoms with Crippen molar-refractivity contribution in [1.29, 1.82) is 0 Å². The molecule has 0 spiro atoms. The van der Waals surface area contributed by atoms with Gasteiger partial charge in [0.15, 0.2) is 11.6 Å². The molecule has 0 radical (unpaired) electrons. The van der Waals surface area contributed by atoms with Crippen molar-refractivity contribution in [2.75, 3.05) is 13.7 Å². The van der Waals surface area contributed by atoms with Crippen LogP contribution in [-0.2, 0) is 0 Å². The average Bonchev–Trinajstić information content (AvgIpc) is 2.84. The summed E-state index contributed by atoms with van der Waals surface area (Å²) in [7, 11) is 1.38. The zero-order chi connectivity index (χ0) is 23.5. The molecule has 0 unspecified atom stereocenters. The lowest BCUT2D eigenvalue weighted by molar-refractivity contribution is 0.0734. The summed E-state index contributed by atoms with van der Waals surface area (Å²) in [6.07, 6.45) is 13.4. The summed E-state index contributed by atoms with van der Waals surface area (Å²) in [6.45, 7) is 2.97. The molecule has 2 aromatic rings. The lowest BCUT2D eigenvalue weighted by atomic mass is 9.78. The number of halogens is 1. The molecule has 3 rings (SSSR count). The van der Waals surface area contributed by atoms with Gasteiger partial charge in [-0.2, -0.15) is 0 Å². The minimum absolute atomic E-state index is 0.0862. The van der Waals surface area contributed by atoms with Crippen LogP contribution < -0.4 is 14.2 Å². The van der Waals surface area contributed by atoms with Crippen LogP contribution in [0.1, 0.15) is 81.5 Å². The Labute approximate surface area is 197 Å². The third-order valence-corrected chi connectivity index (χ3v) is 6.63. The molecule has 2 aromatic carbocycles. The number of rotatable bonds is 12. The first-order valence-corrected chi connectivity index (χ1v) is 12.4. The van der Waals surface area contributed by atoms with Crippen molar-refractivity contribution < 1.29 is 23.4 Å². The van der Waals surface area contributed by atoms with E-state index in [-0.39, 0.29) is 11.3 Å². The van der Waals surface area contributed by atoms with E-state index in [1.165, 1.54) is 77.0 Å². The van der Waals surface area contributed by atoms with Crippen LogP contribution in [0.15, 0.2) is 42.5 Å². The third-order valence-electron chi connectivity index (χ3n) is 6.63. The summed E-state index contributed by atoms with van der Waals surface area (Å²) >= 11 is 0. The highest BCUT2D eigenvalue weighted by Crippen LogP contribution is 2.34. The van der Waals surface area contributed by atoms with E-state index in [0.717, 1.165) is 30.1 Å². The number of esters is 1. The zero-order valence-electron chi connectivity index (χ0n) is 20.0. The zero-order valence-corrected chi connectivity index (χ0v) is 20.0. The Morgan fingerprint density at radius 3 is 2.15 bits per heavy atom. The predicted molar refractivity (Wildman–Crippen MR) is 129 cm³/mol. The first kappa shape index (κ1) is 25.1. The lowest BCUT2D eigenvalue weighted by Gasteiger charge is -2.28. The molecular formula is C28H37FO4. The Morgan fingerprint density at radius 1 is 0.909 bits per heavy atom. The molecule has 0 atom stereocenters. The molecule has 0 aromatic heterocycles. The molecule has 33 heavy (non-hydrogen) atoms. The molecule has 1 aliphatic rings. The summed E-state index contributed by atoms with van der Waals surface area (Å²) in [4.78, 5) is 12.2. The third kappa shape index (κ3) is 8.06. The summed E-state index contributed by atoms with van der Waals surface area (Å²) in [5, 5.41) is 0. The van der Waals surface area contributed by atoms with Gasteiger partial charge in [0.25, 0.3) is 0 Å². The SMILES string of the molecule is CCCCC[C@H]1CC[C@H](CCCOc2ccc(OC(=O)c3ccc(OC)c(F)c3)cc2)CC1. The molecule has 0 amide bonds. The van der Waals surface area contributed by atoms with Crippen LogP contribution in [0.25, 0.3) is 0 Å². The molecule has 0 N–H and O–H groups in total. The monoisotopic (exact) mass is 456 g/mol. The number of unbranched alkanes of at least 4 members (excludes halogenated alkanes) is 2. The number of hydrogen-bond donors (Lipinski definition) is 0. The standard InChI is InChI=1S/C28H37FO4/c1-3-4-5-7-21-9-11-22(12-10-21)8-6-19-32-24-14-16-25(17-15-24)33-28(30)23-13-18-27(31-2)26(29)20-23/h13-18,20-22H,3-12,19H2,1-2H3/t21-,22-. The van der Waals surface area contributed by atoms with Gasteiger partial charge in [-0.25, -0.2) is 9.18 Å². The largest absolute Gasteiger partial charge is 0.494 e. The molecule has 1 fully saturated rings. The molecule has 180 valence electrons. The van der Waals surface area contributed by atoms with Crippen LogP contribution in [0, 0.1) is 17.7 Å². The normalized spacial score (nSPS) is 18.0. The van der Waals surface area contributed by atoms with Crippen LogP contribution in [0.4, 0.5) is 4.39 Å². The molecule has 5 heteroatoms. The summed E-state index contributed by atoms with van der Waals surface area (Å²) in [5.74, 6) is 1.81. The average molecular weight is 457 g/mol. The van der Waals surface area contributed by atoms with Crippen molar-refractivity contribution in [3.05, 3.63) is 53.8 Å². The molecule has 0 heterocycles. The van der Waals surface area contributed by atoms with Crippen LogP contribution in [-0.4, -0.2) is 19.7 Å². The maximum absolute atomic E-state index is 13.8. The number of carbonyl (C=O) groups is 1. The van der Waals surface area contributed by atoms with E-state index in [1.807, 2.05) is 0 Å². The van der Waals surface area contributed by atoms with E-state index in [4.69, 9.17) is 14.2 Å². The molecule has 1 aliphatic carbocycles. The Bertz CT molecular complexity index is 857. The van der Waals surface area contributed by atoms with Gasteiger partial charge in [-0.05, 0) is 67.1 Å². The van der Waals surface area contributed by atoms with E-state index in [2.05, 4.69) is 6.92 Å². The van der Waals surface area contributed by atoms with Crippen molar-refractivity contribution in [2.24, 2.45) is 11.8 Å². The van der Waals surface area contributed by atoms with E-state index in [9.17, 15) is 9.18 Å². The quantitative estimate of drug-likeness (QED) is 0.187. The molecular weight excluding hydrogens is 419 g/mol. The first-order valence-electron chi connectivity index (χ1n) is 12.4. The smallest absolute Gasteiger partial charge is 0.343 e. The van der Waals surface area contributed by atoms with Gasteiger partial charge in [-0.3, -0.25) is 0 Å². The van der Waals surface area contributed by atoms with Gasteiger partial charge < -0.3 is 14.2 Å². The van der Waals surface area contributed by atoms with Crippen LogP contribution in [0.3, 0.4) is 0 Å². The van der Waals surface area contributed by atoms with Crippen molar-refractivity contribution in [3.8, 4) is 17.2 Å². The fourth-order valence-corrected chi connectivity index (χ4v) is 4.62. The van der Waals surface area contributed by atoms with Gasteiger partial charge in [0.2, 0.25) is 0 Å². The lowest BCUT2D eigenvalue weighted by Crippen LogP contribution is -2.15. The van der Waals surface area contributed by atoms with Gasteiger partial charge in [0, 0.05) is 0 Å². The number of benzene rings is 2. The minimum atomic E-state index is -0.620. The molecule has 4 nitrogen and oxygen atoms in total. The topological polar surface area (TPSA) is 44.8 Å². The fourth-order valence-electron chi connectivity index (χ4n) is 4.62. The maximum atomic E-state index is 13.8. The summed E-state index contributed by atoms with van der Waals surface area (Å²) in [5.41, 5.74) is 0.128. The van der Waals surface area contributed by atoms with Gasteiger partial charge in [0.05, 0.1) is 19.3 Å². The van der Waals surface area contributed by atoms with Crippen LogP contribution in [0.2, 0.25) is 0 Å². The van der Waals surface area contributed by atoms with Gasteiger partial charge in [0.1, 0.15) is 11.5 Å². The Balaban J connectivity index is 1.34. The van der Waals surface area contributed by atoms with Crippen molar-refractivity contribution >= 4 is 5.97 Å². The van der Waals surface area contributed by atoms with Crippen LogP contribution >= 0.6 is 0 Å². The molecule has 1 saturated carbocycles. The number of carbonyl (C=O) groups excluding carboxylic acids is 1. The second-order valence-electron chi connectivity index (χ2n) is 9.08.